The first kappa shape index (κ1) is 28.8. The summed E-state index contributed by atoms with van der Waals surface area (Å²) in [5.74, 6) is 0.910. The van der Waals surface area contributed by atoms with Gasteiger partial charge in [-0.25, -0.2) is 4.98 Å². The molecule has 0 N–H and O–H groups in total. The fourth-order valence-electron chi connectivity index (χ4n) is 4.90. The molecule has 0 aliphatic carbocycles. The predicted molar refractivity (Wildman–Crippen MR) is 157 cm³/mol. The van der Waals surface area contributed by atoms with E-state index in [0.717, 1.165) is 28.1 Å². The number of aromatic nitrogens is 1. The Hall–Kier alpha value is -4.72. The normalized spacial score (nSPS) is 12.9. The molecule has 1 aliphatic heterocycles. The minimum Gasteiger partial charge on any atom is -0.493 e. The molecule has 0 fully saturated rings. The lowest BCUT2D eigenvalue weighted by molar-refractivity contribution is -0.154. The molecule has 3 aromatic carbocycles. The second-order valence-corrected chi connectivity index (χ2v) is 11.2. The maximum absolute atomic E-state index is 13.1. The van der Waals surface area contributed by atoms with Gasteiger partial charge in [0.15, 0.2) is 0 Å². The Morgan fingerprint density at radius 3 is 2.21 bits per heavy atom. The zero-order chi connectivity index (χ0) is 29.9. The Labute approximate surface area is 245 Å². The number of rotatable bonds is 10. The molecule has 0 saturated heterocycles. The molecule has 42 heavy (non-hydrogen) atoms. The van der Waals surface area contributed by atoms with E-state index in [1.807, 2.05) is 76.2 Å². The van der Waals surface area contributed by atoms with E-state index >= 15 is 0 Å². The van der Waals surface area contributed by atoms with Gasteiger partial charge in [-0.2, -0.15) is 0 Å². The molecule has 0 radical (unpaired) electrons. The molecule has 1 aliphatic rings. The van der Waals surface area contributed by atoms with Crippen LogP contribution < -0.4 is 4.74 Å². The average molecular weight is 567 g/mol. The van der Waals surface area contributed by atoms with Gasteiger partial charge in [0.1, 0.15) is 17.1 Å². The van der Waals surface area contributed by atoms with Gasteiger partial charge in [0, 0.05) is 18.4 Å². The van der Waals surface area contributed by atoms with Crippen LogP contribution in [0, 0.1) is 6.92 Å². The molecule has 4 aromatic rings. The van der Waals surface area contributed by atoms with Crippen molar-refractivity contribution in [1.29, 1.82) is 0 Å². The number of amides is 2. The second-order valence-electron chi connectivity index (χ2n) is 11.2. The van der Waals surface area contributed by atoms with Gasteiger partial charge >= 0.3 is 5.97 Å². The SMILES string of the molecule is Cc1oc(-c2ccccc2)nc1CCOc1ccc(CCC(=O)OC(C)(C)C)c(CN2C(=O)c3ccccc3C2=O)c1. The monoisotopic (exact) mass is 566 g/mol. The van der Waals surface area contributed by atoms with Crippen LogP contribution in [0.4, 0.5) is 0 Å². The topological polar surface area (TPSA) is 98.9 Å². The Kier molecular flexibility index (Phi) is 8.24. The Morgan fingerprint density at radius 1 is 0.881 bits per heavy atom. The van der Waals surface area contributed by atoms with Gasteiger partial charge in [-0.3, -0.25) is 19.3 Å². The summed E-state index contributed by atoms with van der Waals surface area (Å²) in [5, 5.41) is 0. The van der Waals surface area contributed by atoms with Crippen LogP contribution in [-0.4, -0.2) is 39.9 Å². The highest BCUT2D eigenvalue weighted by Crippen LogP contribution is 2.28. The summed E-state index contributed by atoms with van der Waals surface area (Å²) in [7, 11) is 0. The maximum atomic E-state index is 13.1. The standard InChI is InChI=1S/C34H34N2O6/c1-22-29(35-31(41-22)24-10-6-5-7-11-24)18-19-40-26-16-14-23(15-17-30(37)42-34(2,3)4)25(20-26)21-36-32(38)27-12-8-9-13-28(27)33(36)39/h5-14,16,20H,15,17-19,21H2,1-4H3. The summed E-state index contributed by atoms with van der Waals surface area (Å²) in [6.45, 7) is 7.78. The lowest BCUT2D eigenvalue weighted by Gasteiger charge is -2.20. The van der Waals surface area contributed by atoms with E-state index in [4.69, 9.17) is 13.9 Å². The molecule has 0 saturated carbocycles. The number of hydrogen-bond acceptors (Lipinski definition) is 7. The van der Waals surface area contributed by atoms with E-state index in [1.54, 1.807) is 24.3 Å². The van der Waals surface area contributed by atoms with Crippen LogP contribution in [0.15, 0.2) is 77.2 Å². The highest BCUT2D eigenvalue weighted by atomic mass is 16.6. The predicted octanol–water partition coefficient (Wildman–Crippen LogP) is 6.34. The van der Waals surface area contributed by atoms with Gasteiger partial charge < -0.3 is 13.9 Å². The largest absolute Gasteiger partial charge is 0.493 e. The molecule has 2 amide bonds. The summed E-state index contributed by atoms with van der Waals surface area (Å²) in [6, 6.07) is 22.1. The summed E-state index contributed by atoms with van der Waals surface area (Å²) in [5.41, 5.74) is 3.49. The number of carbonyl (C=O) groups is 3. The van der Waals surface area contributed by atoms with Crippen LogP contribution in [-0.2, 0) is 28.9 Å². The van der Waals surface area contributed by atoms with Crippen molar-refractivity contribution in [3.63, 3.8) is 0 Å². The summed E-state index contributed by atoms with van der Waals surface area (Å²) >= 11 is 0. The van der Waals surface area contributed by atoms with E-state index < -0.39 is 5.60 Å². The fraction of sp³-hybridized carbons (Fsp3) is 0.294. The maximum Gasteiger partial charge on any atom is 0.306 e. The summed E-state index contributed by atoms with van der Waals surface area (Å²) in [4.78, 5) is 44.5. The minimum atomic E-state index is -0.582. The van der Waals surface area contributed by atoms with Crippen molar-refractivity contribution < 1.29 is 28.3 Å². The first-order valence-corrected chi connectivity index (χ1v) is 14.0. The molecule has 8 heteroatoms. The lowest BCUT2D eigenvalue weighted by atomic mass is 10.0. The number of carbonyl (C=O) groups excluding carboxylic acids is 3. The molecule has 8 nitrogen and oxygen atoms in total. The van der Waals surface area contributed by atoms with Crippen molar-refractivity contribution in [1.82, 2.24) is 9.88 Å². The molecular formula is C34H34N2O6. The summed E-state index contributed by atoms with van der Waals surface area (Å²) < 4.78 is 17.4. The number of nitrogens with zero attached hydrogens (tertiary/aromatic N) is 2. The Morgan fingerprint density at radius 2 is 1.55 bits per heavy atom. The van der Waals surface area contributed by atoms with Gasteiger partial charge in [0.25, 0.3) is 11.8 Å². The molecule has 1 aromatic heterocycles. The van der Waals surface area contributed by atoms with Crippen LogP contribution in [0.2, 0.25) is 0 Å². The minimum absolute atomic E-state index is 0.0655. The van der Waals surface area contributed by atoms with E-state index in [-0.39, 0.29) is 30.7 Å². The third-order valence-corrected chi connectivity index (χ3v) is 6.92. The van der Waals surface area contributed by atoms with Crippen molar-refractivity contribution in [2.24, 2.45) is 0 Å². The van der Waals surface area contributed by atoms with Crippen LogP contribution in [0.3, 0.4) is 0 Å². The van der Waals surface area contributed by atoms with Crippen molar-refractivity contribution >= 4 is 17.8 Å². The quantitative estimate of drug-likeness (QED) is 0.163. The van der Waals surface area contributed by atoms with E-state index in [9.17, 15) is 14.4 Å². The van der Waals surface area contributed by atoms with Crippen LogP contribution >= 0.6 is 0 Å². The van der Waals surface area contributed by atoms with Crippen molar-refractivity contribution in [3.05, 3.63) is 107 Å². The molecule has 0 bridgehead atoms. The first-order chi connectivity index (χ1) is 20.1. The zero-order valence-electron chi connectivity index (χ0n) is 24.3. The Balaban J connectivity index is 1.31. The molecule has 216 valence electrons. The number of oxazole rings is 1. The average Bonchev–Trinajstić information content (AvgIpc) is 3.44. The van der Waals surface area contributed by atoms with E-state index in [1.165, 1.54) is 4.90 Å². The van der Waals surface area contributed by atoms with Crippen LogP contribution in [0.5, 0.6) is 5.75 Å². The van der Waals surface area contributed by atoms with E-state index in [2.05, 4.69) is 4.98 Å². The van der Waals surface area contributed by atoms with Gasteiger partial charge in [0.2, 0.25) is 5.89 Å². The first-order valence-electron chi connectivity index (χ1n) is 14.0. The van der Waals surface area contributed by atoms with Crippen molar-refractivity contribution in [2.45, 2.75) is 59.1 Å². The van der Waals surface area contributed by atoms with Crippen LogP contribution in [0.1, 0.15) is 70.5 Å². The third-order valence-electron chi connectivity index (χ3n) is 6.92. The van der Waals surface area contributed by atoms with Crippen molar-refractivity contribution in [3.8, 4) is 17.2 Å². The molecule has 0 spiro atoms. The number of hydrogen-bond donors (Lipinski definition) is 0. The van der Waals surface area contributed by atoms with Crippen molar-refractivity contribution in [2.75, 3.05) is 6.61 Å². The number of aryl methyl sites for hydroxylation is 2. The fourth-order valence-corrected chi connectivity index (χ4v) is 4.90. The molecule has 2 heterocycles. The van der Waals surface area contributed by atoms with Crippen LogP contribution in [0.25, 0.3) is 11.5 Å². The second kappa shape index (κ2) is 12.0. The number of benzene rings is 3. The van der Waals surface area contributed by atoms with Gasteiger partial charge in [-0.15, -0.1) is 0 Å². The third kappa shape index (κ3) is 6.60. The summed E-state index contributed by atoms with van der Waals surface area (Å²) in [6.07, 6.45) is 1.10. The van der Waals surface area contributed by atoms with Gasteiger partial charge in [-0.1, -0.05) is 36.4 Å². The molecule has 0 atom stereocenters. The number of ether oxygens (including phenoxy) is 2. The van der Waals surface area contributed by atoms with E-state index in [0.29, 0.717) is 42.2 Å². The van der Waals surface area contributed by atoms with Gasteiger partial charge in [0.05, 0.1) is 30.0 Å². The lowest BCUT2D eigenvalue weighted by Crippen LogP contribution is -2.29. The molecular weight excluding hydrogens is 532 g/mol. The number of imide groups is 1. The zero-order valence-corrected chi connectivity index (χ0v) is 24.3. The number of esters is 1. The molecule has 5 rings (SSSR count). The highest BCUT2D eigenvalue weighted by Gasteiger charge is 2.35. The van der Waals surface area contributed by atoms with Gasteiger partial charge in [-0.05, 0) is 81.6 Å². The highest BCUT2D eigenvalue weighted by molar-refractivity contribution is 6.21. The smallest absolute Gasteiger partial charge is 0.306 e. The Bertz CT molecular complexity index is 1580. The number of fused-ring (bicyclic) bond motifs is 1. The molecule has 0 unspecified atom stereocenters.